The van der Waals surface area contributed by atoms with E-state index in [2.05, 4.69) is 17.1 Å². The number of hydrogen-bond acceptors (Lipinski definition) is 3. The van der Waals surface area contributed by atoms with Crippen LogP contribution in [0, 0.1) is 0 Å². The minimum atomic E-state index is -0.517. The van der Waals surface area contributed by atoms with Gasteiger partial charge in [0.15, 0.2) is 0 Å². The van der Waals surface area contributed by atoms with E-state index in [-0.39, 0.29) is 5.97 Å². The van der Waals surface area contributed by atoms with Crippen LogP contribution in [0.3, 0.4) is 0 Å². The molecule has 0 aromatic carbocycles. The molecule has 0 saturated carbocycles. The van der Waals surface area contributed by atoms with E-state index in [1.165, 1.54) is 26.3 Å². The van der Waals surface area contributed by atoms with Crippen LogP contribution >= 0.6 is 0 Å². The van der Waals surface area contributed by atoms with Crippen molar-refractivity contribution in [1.29, 1.82) is 0 Å². The SMILES string of the molecule is CCCCCCCCC(=O)ONC(=O)NC. The van der Waals surface area contributed by atoms with E-state index in [0.717, 1.165) is 19.3 Å². The van der Waals surface area contributed by atoms with Crippen molar-refractivity contribution in [3.8, 4) is 0 Å². The topological polar surface area (TPSA) is 67.4 Å². The number of urea groups is 1. The van der Waals surface area contributed by atoms with Gasteiger partial charge in [0.05, 0.1) is 0 Å². The Bertz CT molecular complexity index is 207. The molecule has 0 radical (unpaired) electrons. The highest BCUT2D eigenvalue weighted by Crippen LogP contribution is 2.06. The summed E-state index contributed by atoms with van der Waals surface area (Å²) in [6, 6.07) is -0.517. The zero-order valence-electron chi connectivity index (χ0n) is 10.2. The van der Waals surface area contributed by atoms with E-state index in [1.807, 2.05) is 5.48 Å². The molecule has 0 aromatic rings. The van der Waals surface area contributed by atoms with Crippen molar-refractivity contribution in [3.05, 3.63) is 0 Å². The van der Waals surface area contributed by atoms with Gasteiger partial charge in [-0.25, -0.2) is 9.59 Å². The van der Waals surface area contributed by atoms with Crippen LogP contribution in [-0.2, 0) is 9.63 Å². The summed E-state index contributed by atoms with van der Waals surface area (Å²) in [5.41, 5.74) is 1.99. The molecular formula is C11H22N2O3. The summed E-state index contributed by atoms with van der Waals surface area (Å²) in [6.07, 6.45) is 7.07. The highest BCUT2D eigenvalue weighted by molar-refractivity contribution is 5.76. The van der Waals surface area contributed by atoms with Crippen LogP contribution in [0.25, 0.3) is 0 Å². The molecule has 16 heavy (non-hydrogen) atoms. The summed E-state index contributed by atoms with van der Waals surface area (Å²) < 4.78 is 0. The molecule has 2 N–H and O–H groups in total. The highest BCUT2D eigenvalue weighted by Gasteiger charge is 2.04. The molecule has 0 spiro atoms. The molecule has 0 atom stereocenters. The zero-order chi connectivity index (χ0) is 12.2. The van der Waals surface area contributed by atoms with Crippen molar-refractivity contribution in [2.45, 2.75) is 51.9 Å². The van der Waals surface area contributed by atoms with Gasteiger partial charge in [-0.1, -0.05) is 39.0 Å². The van der Waals surface area contributed by atoms with E-state index in [4.69, 9.17) is 0 Å². The Hall–Kier alpha value is -1.26. The fourth-order valence-corrected chi connectivity index (χ4v) is 1.25. The third-order valence-electron chi connectivity index (χ3n) is 2.22. The number of nitrogens with one attached hydrogen (secondary N) is 2. The Morgan fingerprint density at radius 1 is 1.06 bits per heavy atom. The van der Waals surface area contributed by atoms with Crippen molar-refractivity contribution in [1.82, 2.24) is 10.8 Å². The van der Waals surface area contributed by atoms with Gasteiger partial charge in [-0.3, -0.25) is 0 Å². The first-order valence-corrected chi connectivity index (χ1v) is 5.88. The monoisotopic (exact) mass is 230 g/mol. The van der Waals surface area contributed by atoms with Gasteiger partial charge >= 0.3 is 12.0 Å². The average molecular weight is 230 g/mol. The summed E-state index contributed by atoms with van der Waals surface area (Å²) in [4.78, 5) is 26.3. The predicted octanol–water partition coefficient (Wildman–Crippen LogP) is 2.12. The number of unbranched alkanes of at least 4 members (excludes halogenated alkanes) is 5. The van der Waals surface area contributed by atoms with Crippen LogP contribution in [0.1, 0.15) is 51.9 Å². The first-order valence-electron chi connectivity index (χ1n) is 5.88. The van der Waals surface area contributed by atoms with Gasteiger partial charge < -0.3 is 10.2 Å². The van der Waals surface area contributed by atoms with Crippen molar-refractivity contribution in [2.75, 3.05) is 7.05 Å². The second kappa shape index (κ2) is 10.3. The lowest BCUT2D eigenvalue weighted by Crippen LogP contribution is -2.34. The lowest BCUT2D eigenvalue weighted by atomic mass is 10.1. The first-order chi connectivity index (χ1) is 7.70. The maximum Gasteiger partial charge on any atom is 0.347 e. The molecule has 0 unspecified atom stereocenters. The molecule has 0 bridgehead atoms. The summed E-state index contributed by atoms with van der Waals surface area (Å²) >= 11 is 0. The molecular weight excluding hydrogens is 208 g/mol. The van der Waals surface area contributed by atoms with Crippen molar-refractivity contribution in [2.24, 2.45) is 0 Å². The van der Waals surface area contributed by atoms with Gasteiger partial charge in [0.1, 0.15) is 0 Å². The Labute approximate surface area is 96.9 Å². The number of carbonyl (C=O) groups is 2. The third kappa shape index (κ3) is 9.30. The van der Waals surface area contributed by atoms with Gasteiger partial charge in [0.2, 0.25) is 0 Å². The summed E-state index contributed by atoms with van der Waals surface area (Å²) in [5, 5.41) is 2.28. The summed E-state index contributed by atoms with van der Waals surface area (Å²) in [6.45, 7) is 2.17. The molecule has 5 nitrogen and oxygen atoms in total. The first kappa shape index (κ1) is 14.7. The van der Waals surface area contributed by atoms with Crippen LogP contribution in [0.4, 0.5) is 4.79 Å². The molecule has 5 heteroatoms. The minimum Gasteiger partial charge on any atom is -0.339 e. The third-order valence-corrected chi connectivity index (χ3v) is 2.22. The lowest BCUT2D eigenvalue weighted by Gasteiger charge is -2.04. The van der Waals surface area contributed by atoms with E-state index in [1.54, 1.807) is 0 Å². The molecule has 0 heterocycles. The standard InChI is InChI=1S/C11H22N2O3/c1-3-4-5-6-7-8-9-10(14)16-13-11(15)12-2/h3-9H2,1-2H3,(H2,12,13,15). The average Bonchev–Trinajstić information content (AvgIpc) is 2.30. The van der Waals surface area contributed by atoms with Gasteiger partial charge in [0.25, 0.3) is 0 Å². The van der Waals surface area contributed by atoms with Gasteiger partial charge in [0, 0.05) is 13.5 Å². The van der Waals surface area contributed by atoms with Gasteiger partial charge in [-0.15, -0.1) is 0 Å². The van der Waals surface area contributed by atoms with Crippen LogP contribution < -0.4 is 10.8 Å². The predicted molar refractivity (Wildman–Crippen MR) is 61.7 cm³/mol. The Kier molecular flexibility index (Phi) is 9.46. The van der Waals surface area contributed by atoms with Crippen LogP contribution in [-0.4, -0.2) is 19.0 Å². The molecule has 0 rings (SSSR count). The minimum absolute atomic E-state index is 0.357. The molecule has 0 aliphatic heterocycles. The molecule has 0 saturated heterocycles. The largest absolute Gasteiger partial charge is 0.347 e. The number of carbonyl (C=O) groups excluding carboxylic acids is 2. The lowest BCUT2D eigenvalue weighted by molar-refractivity contribution is -0.148. The van der Waals surface area contributed by atoms with E-state index in [0.29, 0.717) is 6.42 Å². The molecule has 0 aromatic heterocycles. The smallest absolute Gasteiger partial charge is 0.339 e. The highest BCUT2D eigenvalue weighted by atomic mass is 16.7. The van der Waals surface area contributed by atoms with Crippen LogP contribution in [0.15, 0.2) is 0 Å². The molecule has 0 aliphatic carbocycles. The number of rotatable bonds is 7. The summed E-state index contributed by atoms with van der Waals surface area (Å²) in [5.74, 6) is -0.390. The zero-order valence-corrected chi connectivity index (χ0v) is 10.2. The number of amides is 2. The van der Waals surface area contributed by atoms with Crippen LogP contribution in [0.5, 0.6) is 0 Å². The fraction of sp³-hybridized carbons (Fsp3) is 0.818. The van der Waals surface area contributed by atoms with E-state index in [9.17, 15) is 9.59 Å². The second-order valence-electron chi connectivity index (χ2n) is 3.67. The Morgan fingerprint density at radius 3 is 2.31 bits per heavy atom. The fourth-order valence-electron chi connectivity index (χ4n) is 1.25. The van der Waals surface area contributed by atoms with Gasteiger partial charge in [-0.2, -0.15) is 5.48 Å². The number of hydrogen-bond donors (Lipinski definition) is 2. The van der Waals surface area contributed by atoms with E-state index < -0.39 is 6.03 Å². The second-order valence-corrected chi connectivity index (χ2v) is 3.67. The molecule has 0 fully saturated rings. The maximum absolute atomic E-state index is 11.1. The quantitative estimate of drug-likeness (QED) is 0.520. The van der Waals surface area contributed by atoms with Crippen molar-refractivity contribution >= 4 is 12.0 Å². The van der Waals surface area contributed by atoms with Crippen molar-refractivity contribution in [3.63, 3.8) is 0 Å². The molecule has 94 valence electrons. The van der Waals surface area contributed by atoms with Crippen LogP contribution in [0.2, 0.25) is 0 Å². The maximum atomic E-state index is 11.1. The normalized spacial score (nSPS) is 9.62. The Morgan fingerprint density at radius 2 is 1.69 bits per heavy atom. The Balaban J connectivity index is 3.27. The summed E-state index contributed by atoms with van der Waals surface area (Å²) in [7, 11) is 1.46. The number of hydroxylamine groups is 1. The van der Waals surface area contributed by atoms with E-state index >= 15 is 0 Å². The molecule has 2 amide bonds. The van der Waals surface area contributed by atoms with Gasteiger partial charge in [-0.05, 0) is 6.42 Å². The van der Waals surface area contributed by atoms with Crippen molar-refractivity contribution < 1.29 is 14.4 Å². The molecule has 0 aliphatic rings.